The molecule has 6 radical (unpaired) electrons. The van der Waals surface area contributed by atoms with Gasteiger partial charge in [0.1, 0.15) is 12.2 Å². The number of carbonyl (C=O) groups is 2. The molecule has 0 bridgehead atoms. The SMILES string of the molecule is O=C([O-])C(O)C(O)C(=O)[O-].[K+].[K+].[Sb].[Sb]. The quantitative estimate of drug-likeness (QED) is 0.396. The molecule has 0 spiro atoms. The van der Waals surface area contributed by atoms with Crippen LogP contribution in [0.25, 0.3) is 0 Å². The first-order valence-electron chi connectivity index (χ1n) is 2.24. The fraction of sp³-hybridized carbons (Fsp3) is 0.500. The van der Waals surface area contributed by atoms with E-state index in [0.717, 1.165) is 0 Å². The van der Waals surface area contributed by atoms with E-state index in [4.69, 9.17) is 10.2 Å². The first kappa shape index (κ1) is 30.6. The molecule has 14 heavy (non-hydrogen) atoms. The summed E-state index contributed by atoms with van der Waals surface area (Å²) >= 11 is 0. The fourth-order valence-electron chi connectivity index (χ4n) is 0.258. The van der Waals surface area contributed by atoms with E-state index < -0.39 is 24.1 Å². The Morgan fingerprint density at radius 1 is 0.857 bits per heavy atom. The van der Waals surface area contributed by atoms with E-state index in [1.807, 2.05) is 0 Å². The number of aliphatic hydroxyl groups is 2. The second-order valence-electron chi connectivity index (χ2n) is 1.53. The van der Waals surface area contributed by atoms with Crippen LogP contribution in [-0.2, 0) is 9.59 Å². The molecule has 0 aliphatic heterocycles. The van der Waals surface area contributed by atoms with Gasteiger partial charge in [-0.25, -0.2) is 0 Å². The van der Waals surface area contributed by atoms with Gasteiger partial charge in [-0.3, -0.25) is 0 Å². The van der Waals surface area contributed by atoms with Gasteiger partial charge in [-0.15, -0.1) is 0 Å². The number of aliphatic hydroxyl groups excluding tert-OH is 2. The predicted octanol–water partition coefficient (Wildman–Crippen LogP) is -11.5. The molecule has 0 saturated heterocycles. The predicted molar refractivity (Wildman–Crippen MR) is 33.5 cm³/mol. The zero-order chi connectivity index (χ0) is 8.31. The molecule has 0 aromatic heterocycles. The molecule has 0 aliphatic carbocycles. The molecule has 0 aromatic rings. The van der Waals surface area contributed by atoms with E-state index in [0.29, 0.717) is 0 Å². The molecular formula is C4H4K2O6Sb2. The monoisotopic (exact) mass is 468 g/mol. The third-order valence-corrected chi connectivity index (χ3v) is 0.782. The van der Waals surface area contributed by atoms with Gasteiger partial charge in [-0.1, -0.05) is 0 Å². The summed E-state index contributed by atoms with van der Waals surface area (Å²) in [5, 5.41) is 35.7. The maximum Gasteiger partial charge on any atom is 1.00 e. The number of aliphatic carboxylic acids is 2. The number of rotatable bonds is 3. The van der Waals surface area contributed by atoms with Gasteiger partial charge in [0.05, 0.1) is 11.9 Å². The van der Waals surface area contributed by atoms with Crippen LogP contribution < -0.4 is 113 Å². The van der Waals surface area contributed by atoms with Crippen molar-refractivity contribution in [2.45, 2.75) is 12.2 Å². The maximum absolute atomic E-state index is 9.63. The largest absolute Gasteiger partial charge is 1.00 e. The minimum Gasteiger partial charge on any atom is -0.547 e. The van der Waals surface area contributed by atoms with Crippen molar-refractivity contribution in [1.82, 2.24) is 0 Å². The van der Waals surface area contributed by atoms with E-state index in [2.05, 4.69) is 0 Å². The van der Waals surface area contributed by atoms with Crippen molar-refractivity contribution in [3.63, 3.8) is 0 Å². The molecule has 10 heteroatoms. The van der Waals surface area contributed by atoms with E-state index in [9.17, 15) is 19.8 Å². The zero-order valence-electron chi connectivity index (χ0n) is 7.58. The Hall–Kier alpha value is 3.77. The normalized spacial score (nSPS) is 11.3. The van der Waals surface area contributed by atoms with Crippen LogP contribution in [0.1, 0.15) is 0 Å². The summed E-state index contributed by atoms with van der Waals surface area (Å²) in [6.07, 6.45) is -4.88. The Bertz CT molecular complexity index is 150. The molecule has 0 heterocycles. The van der Waals surface area contributed by atoms with Gasteiger partial charge in [0.15, 0.2) is 0 Å². The third-order valence-electron chi connectivity index (χ3n) is 0.782. The van der Waals surface area contributed by atoms with Gasteiger partial charge in [0.25, 0.3) is 0 Å². The van der Waals surface area contributed by atoms with E-state index in [-0.39, 0.29) is 152 Å². The molecule has 0 saturated carbocycles. The van der Waals surface area contributed by atoms with Crippen LogP contribution in [0.2, 0.25) is 0 Å². The molecule has 0 aliphatic rings. The van der Waals surface area contributed by atoms with Crippen molar-refractivity contribution in [2.75, 3.05) is 0 Å². The number of carboxylic acid groups (broad SMARTS) is 2. The minimum atomic E-state index is -2.44. The molecule has 0 fully saturated rings. The number of carbonyl (C=O) groups excluding carboxylic acids is 2. The molecule has 2 N–H and O–H groups in total. The average molecular weight is 470 g/mol. The van der Waals surface area contributed by atoms with E-state index in [1.54, 1.807) is 0 Å². The second-order valence-corrected chi connectivity index (χ2v) is 1.53. The van der Waals surface area contributed by atoms with E-state index in [1.165, 1.54) is 0 Å². The smallest absolute Gasteiger partial charge is 0.547 e. The molecular weight excluding hydrogens is 466 g/mol. The summed E-state index contributed by atoms with van der Waals surface area (Å²) in [5.41, 5.74) is 0. The van der Waals surface area contributed by atoms with Gasteiger partial charge >= 0.3 is 103 Å². The number of carboxylic acids is 2. The fourth-order valence-corrected chi connectivity index (χ4v) is 0.258. The first-order valence-corrected chi connectivity index (χ1v) is 2.24. The van der Waals surface area contributed by atoms with Crippen LogP contribution in [0.4, 0.5) is 0 Å². The number of hydrogen-bond acceptors (Lipinski definition) is 6. The van der Waals surface area contributed by atoms with Gasteiger partial charge in [-0.2, -0.15) is 0 Å². The molecule has 0 amide bonds. The van der Waals surface area contributed by atoms with Crippen molar-refractivity contribution < 1.29 is 133 Å². The second kappa shape index (κ2) is 16.8. The van der Waals surface area contributed by atoms with Gasteiger partial charge in [0.2, 0.25) is 0 Å². The van der Waals surface area contributed by atoms with Crippen LogP contribution in [0, 0.1) is 0 Å². The van der Waals surface area contributed by atoms with Gasteiger partial charge in [0, 0.05) is 48.9 Å². The standard InChI is InChI=1S/C4H6O6.2K.2Sb/c5-1(3(7)8)2(6)4(9)10;;;;/h1-2,5-6H,(H,7,8)(H,9,10);;;;/q;2*+1;;/p-2. The molecule has 2 atom stereocenters. The summed E-state index contributed by atoms with van der Waals surface area (Å²) in [4.78, 5) is 19.3. The summed E-state index contributed by atoms with van der Waals surface area (Å²) in [7, 11) is 0. The van der Waals surface area contributed by atoms with E-state index >= 15 is 0 Å². The Kier molecular flexibility index (Phi) is 36.7. The topological polar surface area (TPSA) is 121 Å². The Labute approximate surface area is 200 Å². The molecule has 0 aromatic carbocycles. The molecule has 68 valence electrons. The first-order chi connectivity index (χ1) is 4.46. The van der Waals surface area contributed by atoms with Crippen molar-refractivity contribution in [3.8, 4) is 0 Å². The summed E-state index contributed by atoms with van der Waals surface area (Å²) in [6, 6.07) is 0. The summed E-state index contributed by atoms with van der Waals surface area (Å²) in [6.45, 7) is 0. The zero-order valence-corrected chi connectivity index (χ0v) is 18.9. The van der Waals surface area contributed by atoms with Crippen LogP contribution in [0.15, 0.2) is 0 Å². The van der Waals surface area contributed by atoms with Crippen molar-refractivity contribution in [3.05, 3.63) is 0 Å². The van der Waals surface area contributed by atoms with Crippen molar-refractivity contribution >= 4 is 60.8 Å². The molecule has 2 unspecified atom stereocenters. The van der Waals surface area contributed by atoms with Crippen LogP contribution in [0.3, 0.4) is 0 Å². The Morgan fingerprint density at radius 3 is 1.07 bits per heavy atom. The van der Waals surface area contributed by atoms with Gasteiger partial charge in [-0.05, 0) is 0 Å². The summed E-state index contributed by atoms with van der Waals surface area (Å²) < 4.78 is 0. The maximum atomic E-state index is 9.63. The number of hydrogen-bond donors (Lipinski definition) is 2. The Morgan fingerprint density at radius 2 is 1.00 bits per heavy atom. The van der Waals surface area contributed by atoms with Gasteiger partial charge < -0.3 is 30.0 Å². The van der Waals surface area contributed by atoms with Crippen molar-refractivity contribution in [1.29, 1.82) is 0 Å². The molecule has 0 rings (SSSR count). The molecule has 6 nitrogen and oxygen atoms in total. The third kappa shape index (κ3) is 13.8. The van der Waals surface area contributed by atoms with Crippen LogP contribution >= 0.6 is 0 Å². The van der Waals surface area contributed by atoms with Crippen LogP contribution in [0.5, 0.6) is 0 Å². The Balaban J connectivity index is -0.0000000675. The minimum absolute atomic E-state index is 0. The van der Waals surface area contributed by atoms with Crippen molar-refractivity contribution in [2.24, 2.45) is 0 Å². The van der Waals surface area contributed by atoms with Crippen LogP contribution in [-0.4, -0.2) is 83.2 Å². The average Bonchev–Trinajstić information content (AvgIpc) is 1.84. The summed E-state index contributed by atoms with van der Waals surface area (Å²) in [5.74, 6) is -4.12.